The molecule has 0 N–H and O–H groups in total. The molecule has 2 atom stereocenters. The molecule has 3 aliphatic carbocycles. The van der Waals surface area contributed by atoms with E-state index in [0.717, 1.165) is 33.0 Å². The van der Waals surface area contributed by atoms with E-state index >= 15 is 0 Å². The van der Waals surface area contributed by atoms with Gasteiger partial charge < -0.3 is 0 Å². The van der Waals surface area contributed by atoms with Crippen LogP contribution in [0, 0.1) is 5.41 Å². The third kappa shape index (κ3) is 2.42. The Hall–Kier alpha value is -2.07. The van der Waals surface area contributed by atoms with Crippen molar-refractivity contribution in [1.82, 2.24) is 0 Å². The van der Waals surface area contributed by atoms with Gasteiger partial charge >= 0.3 is 6.18 Å². The van der Waals surface area contributed by atoms with Crippen molar-refractivity contribution in [3.63, 3.8) is 0 Å². The van der Waals surface area contributed by atoms with Gasteiger partial charge in [-0.1, -0.05) is 84.1 Å². The van der Waals surface area contributed by atoms with Crippen molar-refractivity contribution in [2.45, 2.75) is 39.0 Å². The fourth-order valence-electron chi connectivity index (χ4n) is 5.02. The maximum atomic E-state index is 14.9. The third-order valence-corrected chi connectivity index (χ3v) is 7.62. The van der Waals surface area contributed by atoms with Crippen LogP contribution in [0.1, 0.15) is 30.9 Å². The molecule has 1 aromatic carbocycles. The van der Waals surface area contributed by atoms with Gasteiger partial charge in [0, 0.05) is 5.92 Å². The molecule has 1 aromatic rings. The molecule has 0 aromatic heterocycles. The van der Waals surface area contributed by atoms with Crippen molar-refractivity contribution < 1.29 is 13.2 Å². The van der Waals surface area contributed by atoms with Crippen LogP contribution in [-0.4, -0.2) is 15.0 Å². The average Bonchev–Trinajstić information content (AvgIpc) is 3.09. The van der Waals surface area contributed by atoms with E-state index in [1.54, 1.807) is 12.2 Å². The van der Waals surface area contributed by atoms with E-state index in [1.807, 2.05) is 50.3 Å². The lowest BCUT2D eigenvalue weighted by atomic mass is 9.62. The summed E-state index contributed by atoms with van der Waals surface area (Å²) in [5.41, 5.74) is 2.61. The van der Waals surface area contributed by atoms with Crippen molar-refractivity contribution in [2.75, 3.05) is 0 Å². The first kappa shape index (κ1) is 18.3. The highest BCUT2D eigenvalue weighted by molar-refractivity contribution is 6.65. The summed E-state index contributed by atoms with van der Waals surface area (Å²) in [7, 11) is -0.877. The molecule has 0 fully saturated rings. The zero-order chi connectivity index (χ0) is 19.6. The summed E-state index contributed by atoms with van der Waals surface area (Å²) < 4.78 is 44.6. The number of alkyl halides is 3. The molecule has 4 heteroatoms. The summed E-state index contributed by atoms with van der Waals surface area (Å²) in [5, 5.41) is 1.13. The highest BCUT2D eigenvalue weighted by Crippen LogP contribution is 2.63. The fraction of sp³-hybridized carbons (Fsp3) is 0.304. The molecule has 0 saturated carbocycles. The largest absolute Gasteiger partial charge is 0.402 e. The first-order chi connectivity index (χ1) is 12.7. The molecule has 3 aliphatic rings. The zero-order valence-corrected chi connectivity index (χ0v) is 16.9. The average molecular weight is 384 g/mol. The molecular formula is C23H22F3Si. The molecule has 27 heavy (non-hydrogen) atoms. The lowest BCUT2D eigenvalue weighted by Gasteiger charge is -2.43. The fourth-order valence-corrected chi connectivity index (χ4v) is 6.64. The van der Waals surface area contributed by atoms with Gasteiger partial charge in [-0.15, -0.1) is 0 Å². The Kier molecular flexibility index (Phi) is 4.04. The van der Waals surface area contributed by atoms with Crippen LogP contribution in [0.15, 0.2) is 76.1 Å². The monoisotopic (exact) mass is 383 g/mol. The van der Waals surface area contributed by atoms with Crippen LogP contribution < -0.4 is 0 Å². The van der Waals surface area contributed by atoms with Crippen LogP contribution in [-0.2, 0) is 0 Å². The van der Waals surface area contributed by atoms with E-state index in [1.165, 1.54) is 6.08 Å². The van der Waals surface area contributed by atoms with Crippen LogP contribution in [0.2, 0.25) is 13.1 Å². The first-order valence-electron chi connectivity index (χ1n) is 9.16. The summed E-state index contributed by atoms with van der Waals surface area (Å²) in [4.78, 5) is 0. The van der Waals surface area contributed by atoms with E-state index < -0.39 is 26.3 Å². The van der Waals surface area contributed by atoms with Gasteiger partial charge in [-0.25, -0.2) is 0 Å². The van der Waals surface area contributed by atoms with Crippen molar-refractivity contribution >= 4 is 14.9 Å². The van der Waals surface area contributed by atoms with Gasteiger partial charge in [0.1, 0.15) is 5.41 Å². The van der Waals surface area contributed by atoms with Crippen LogP contribution >= 0.6 is 0 Å². The minimum atomic E-state index is -4.39. The molecule has 0 saturated heterocycles. The Balaban J connectivity index is 1.97. The quantitative estimate of drug-likeness (QED) is 0.494. The number of rotatable bonds is 2. The van der Waals surface area contributed by atoms with E-state index in [9.17, 15) is 13.2 Å². The Bertz CT molecular complexity index is 970. The van der Waals surface area contributed by atoms with Crippen LogP contribution in [0.4, 0.5) is 13.2 Å². The van der Waals surface area contributed by atoms with Gasteiger partial charge in [0.05, 0.1) is 8.80 Å². The molecule has 139 valence electrons. The molecule has 0 bridgehead atoms. The lowest BCUT2D eigenvalue weighted by molar-refractivity contribution is -0.196. The molecule has 1 radical (unpaired) electrons. The molecule has 0 amide bonds. The maximum absolute atomic E-state index is 14.9. The Morgan fingerprint density at radius 3 is 2.41 bits per heavy atom. The molecule has 0 nitrogen and oxygen atoms in total. The first-order valence-corrected chi connectivity index (χ1v) is 11.7. The summed E-state index contributed by atoms with van der Waals surface area (Å²) in [6.45, 7) is 8.07. The van der Waals surface area contributed by atoms with Gasteiger partial charge in [0.15, 0.2) is 0 Å². The lowest BCUT2D eigenvalue weighted by Crippen LogP contribution is -2.44. The number of halogens is 3. The van der Waals surface area contributed by atoms with Gasteiger partial charge in [0.2, 0.25) is 0 Å². The van der Waals surface area contributed by atoms with Crippen molar-refractivity contribution in [2.24, 2.45) is 5.41 Å². The van der Waals surface area contributed by atoms with E-state index in [2.05, 4.69) is 13.1 Å². The summed E-state index contributed by atoms with van der Waals surface area (Å²) in [5.74, 6) is -0.726. The molecule has 4 rings (SSSR count). The van der Waals surface area contributed by atoms with Crippen molar-refractivity contribution in [1.29, 1.82) is 0 Å². The molecular weight excluding hydrogens is 361 g/mol. The second-order valence-corrected chi connectivity index (χ2v) is 10.4. The molecule has 0 spiro atoms. The van der Waals surface area contributed by atoms with Gasteiger partial charge in [-0.2, -0.15) is 13.2 Å². The highest BCUT2D eigenvalue weighted by atomic mass is 28.3. The molecule has 1 unspecified atom stereocenters. The topological polar surface area (TPSA) is 0 Å². The predicted molar refractivity (Wildman–Crippen MR) is 107 cm³/mol. The SMILES string of the molecule is CC1=Cc2ccccc2[C@@H]1C1(C(F)(F)F)C=CC=C2C1=CC(C)=C2[Si](C)C. The summed E-state index contributed by atoms with van der Waals surface area (Å²) in [6.07, 6.45) is 4.20. The van der Waals surface area contributed by atoms with Gasteiger partial charge in [0.25, 0.3) is 0 Å². The zero-order valence-electron chi connectivity index (χ0n) is 15.9. The number of fused-ring (bicyclic) bond motifs is 2. The van der Waals surface area contributed by atoms with Crippen LogP contribution in [0.25, 0.3) is 6.08 Å². The minimum absolute atomic E-state index is 0.422. The van der Waals surface area contributed by atoms with Crippen LogP contribution in [0.5, 0.6) is 0 Å². The van der Waals surface area contributed by atoms with E-state index in [0.29, 0.717) is 5.57 Å². The van der Waals surface area contributed by atoms with Gasteiger partial charge in [-0.3, -0.25) is 0 Å². The normalized spacial score (nSPS) is 26.8. The second-order valence-electron chi connectivity index (χ2n) is 7.87. The predicted octanol–water partition coefficient (Wildman–Crippen LogP) is 6.78. The van der Waals surface area contributed by atoms with E-state index in [-0.39, 0.29) is 0 Å². The maximum Gasteiger partial charge on any atom is 0.402 e. The number of hydrogen-bond acceptors (Lipinski definition) is 0. The molecule has 0 aliphatic heterocycles. The summed E-state index contributed by atoms with van der Waals surface area (Å²) in [6, 6.07) is 7.47. The second kappa shape index (κ2) is 5.96. The van der Waals surface area contributed by atoms with Crippen molar-refractivity contribution in [3.05, 3.63) is 87.2 Å². The third-order valence-electron chi connectivity index (χ3n) is 5.95. The van der Waals surface area contributed by atoms with E-state index in [4.69, 9.17) is 0 Å². The van der Waals surface area contributed by atoms with Crippen molar-refractivity contribution in [3.8, 4) is 0 Å². The standard InChI is InChI=1S/C23H22F3Si/c1-14-12-16-8-5-6-9-17(16)20(14)22(23(24,25)26)11-7-10-18-19(22)13-15(2)21(18)27(3)4/h5-13,20H,1-4H3/t20-,22?/m1/s1. The number of allylic oxidation sites excluding steroid dienone is 9. The minimum Gasteiger partial charge on any atom is -0.170 e. The Morgan fingerprint density at radius 1 is 1.04 bits per heavy atom. The van der Waals surface area contributed by atoms with Crippen LogP contribution in [0.3, 0.4) is 0 Å². The number of benzene rings is 1. The smallest absolute Gasteiger partial charge is 0.170 e. The number of hydrogen-bond donors (Lipinski definition) is 0. The Labute approximate surface area is 160 Å². The summed E-state index contributed by atoms with van der Waals surface area (Å²) >= 11 is 0. The highest BCUT2D eigenvalue weighted by Gasteiger charge is 2.63. The Morgan fingerprint density at radius 2 is 1.74 bits per heavy atom. The molecule has 0 heterocycles. The van der Waals surface area contributed by atoms with Gasteiger partial charge in [-0.05, 0) is 36.1 Å².